The largest absolute Gasteiger partial charge is 0.361 e. The van der Waals surface area contributed by atoms with Crippen molar-refractivity contribution in [1.29, 1.82) is 0 Å². The van der Waals surface area contributed by atoms with Crippen molar-refractivity contribution in [2.75, 3.05) is 27.3 Å². The van der Waals surface area contributed by atoms with Crippen LogP contribution in [0.4, 0.5) is 0 Å². The number of para-hydroxylation sites is 1. The van der Waals surface area contributed by atoms with Gasteiger partial charge in [-0.1, -0.05) is 31.2 Å². The summed E-state index contributed by atoms with van der Waals surface area (Å²) >= 11 is 0. The molecule has 1 aromatic heterocycles. The van der Waals surface area contributed by atoms with E-state index in [1.807, 2.05) is 0 Å². The van der Waals surface area contributed by atoms with Crippen LogP contribution in [0.2, 0.25) is 0 Å². The molecule has 3 rings (SSSR count). The molecule has 4 heteroatoms. The van der Waals surface area contributed by atoms with Crippen LogP contribution < -0.4 is 0 Å². The first-order valence-corrected chi connectivity index (χ1v) is 8.80. The zero-order valence-corrected chi connectivity index (χ0v) is 14.9. The summed E-state index contributed by atoms with van der Waals surface area (Å²) in [5.74, 6) is 0. The third-order valence-electron chi connectivity index (χ3n) is 5.12. The second-order valence-corrected chi connectivity index (χ2v) is 6.45. The summed E-state index contributed by atoms with van der Waals surface area (Å²) in [4.78, 5) is 5.95. The normalized spacial score (nSPS) is 19.2. The summed E-state index contributed by atoms with van der Waals surface area (Å²) < 4.78 is 10.8. The Balaban J connectivity index is 1.66. The standard InChI is InChI=1S/C20H28N2O2/c1-4-17-13-15(20(23-2)24-3)9-11-22(17)12-10-16-14-21-19-8-6-5-7-18(16)19/h5-9,14,17,20-21H,4,10-13H2,1-3H3. The second-order valence-electron chi connectivity index (χ2n) is 6.45. The lowest BCUT2D eigenvalue weighted by Gasteiger charge is -2.36. The second kappa shape index (κ2) is 7.97. The molecule has 0 spiro atoms. The number of ether oxygens (including phenoxy) is 2. The Labute approximate surface area is 144 Å². The highest BCUT2D eigenvalue weighted by atomic mass is 16.7. The van der Waals surface area contributed by atoms with Crippen LogP contribution in [0.5, 0.6) is 0 Å². The minimum absolute atomic E-state index is 0.199. The molecule has 1 aliphatic heterocycles. The third kappa shape index (κ3) is 3.56. The summed E-state index contributed by atoms with van der Waals surface area (Å²) in [5.41, 5.74) is 3.90. The van der Waals surface area contributed by atoms with Gasteiger partial charge in [-0.2, -0.15) is 0 Å². The zero-order chi connectivity index (χ0) is 16.9. The molecule has 4 nitrogen and oxygen atoms in total. The van der Waals surface area contributed by atoms with Crippen molar-refractivity contribution >= 4 is 10.9 Å². The van der Waals surface area contributed by atoms with Gasteiger partial charge in [0.05, 0.1) is 0 Å². The topological polar surface area (TPSA) is 37.5 Å². The molecule has 0 aliphatic carbocycles. The van der Waals surface area contributed by atoms with Crippen molar-refractivity contribution in [1.82, 2.24) is 9.88 Å². The van der Waals surface area contributed by atoms with Crippen LogP contribution in [0.1, 0.15) is 25.3 Å². The maximum atomic E-state index is 5.42. The quantitative estimate of drug-likeness (QED) is 0.621. The van der Waals surface area contributed by atoms with E-state index in [2.05, 4.69) is 53.3 Å². The van der Waals surface area contributed by atoms with Gasteiger partial charge >= 0.3 is 0 Å². The van der Waals surface area contributed by atoms with Gasteiger partial charge in [-0.15, -0.1) is 0 Å². The molecule has 1 N–H and O–H groups in total. The third-order valence-corrected chi connectivity index (χ3v) is 5.12. The Morgan fingerprint density at radius 3 is 2.79 bits per heavy atom. The van der Waals surface area contributed by atoms with Gasteiger partial charge in [0.1, 0.15) is 0 Å². The molecule has 0 saturated carbocycles. The predicted octanol–water partition coefficient (Wildman–Crippen LogP) is 3.74. The minimum Gasteiger partial charge on any atom is -0.361 e. The first kappa shape index (κ1) is 17.2. The highest BCUT2D eigenvalue weighted by molar-refractivity contribution is 5.83. The molecule has 1 atom stereocenters. The molecule has 2 heterocycles. The number of aromatic nitrogens is 1. The van der Waals surface area contributed by atoms with Crippen LogP contribution in [0.25, 0.3) is 10.9 Å². The van der Waals surface area contributed by atoms with Gasteiger partial charge in [0.15, 0.2) is 6.29 Å². The van der Waals surface area contributed by atoms with Gasteiger partial charge < -0.3 is 14.5 Å². The van der Waals surface area contributed by atoms with Gasteiger partial charge in [0.25, 0.3) is 0 Å². The van der Waals surface area contributed by atoms with Gasteiger partial charge in [0.2, 0.25) is 0 Å². The van der Waals surface area contributed by atoms with Crippen molar-refractivity contribution in [3.63, 3.8) is 0 Å². The molecule has 0 bridgehead atoms. The number of benzene rings is 1. The van der Waals surface area contributed by atoms with E-state index >= 15 is 0 Å². The number of fused-ring (bicyclic) bond motifs is 1. The number of nitrogens with one attached hydrogen (secondary N) is 1. The van der Waals surface area contributed by atoms with E-state index in [4.69, 9.17) is 9.47 Å². The molecule has 0 fully saturated rings. The highest BCUT2D eigenvalue weighted by Gasteiger charge is 2.25. The maximum absolute atomic E-state index is 5.42. The number of rotatable bonds is 7. The molecular formula is C20H28N2O2. The molecule has 24 heavy (non-hydrogen) atoms. The smallest absolute Gasteiger partial charge is 0.179 e. The van der Waals surface area contributed by atoms with Crippen molar-refractivity contribution in [2.45, 2.75) is 38.5 Å². The highest BCUT2D eigenvalue weighted by Crippen LogP contribution is 2.25. The Hall–Kier alpha value is -1.62. The molecule has 0 amide bonds. The zero-order valence-electron chi connectivity index (χ0n) is 14.9. The van der Waals surface area contributed by atoms with E-state index < -0.39 is 0 Å². The fraction of sp³-hybridized carbons (Fsp3) is 0.500. The van der Waals surface area contributed by atoms with Crippen molar-refractivity contribution in [2.24, 2.45) is 0 Å². The van der Waals surface area contributed by atoms with E-state index in [9.17, 15) is 0 Å². The van der Waals surface area contributed by atoms with Crippen LogP contribution in [0.3, 0.4) is 0 Å². The number of H-pyrrole nitrogens is 1. The molecule has 1 unspecified atom stereocenters. The van der Waals surface area contributed by atoms with E-state index in [0.717, 1.165) is 32.4 Å². The predicted molar refractivity (Wildman–Crippen MR) is 98.2 cm³/mol. The summed E-state index contributed by atoms with van der Waals surface area (Å²) in [7, 11) is 3.42. The van der Waals surface area contributed by atoms with Crippen molar-refractivity contribution < 1.29 is 9.47 Å². The summed E-state index contributed by atoms with van der Waals surface area (Å²) in [6.07, 6.45) is 7.47. The fourth-order valence-corrected chi connectivity index (χ4v) is 3.74. The van der Waals surface area contributed by atoms with Gasteiger partial charge in [-0.25, -0.2) is 0 Å². The van der Waals surface area contributed by atoms with Gasteiger partial charge in [-0.05, 0) is 36.5 Å². The number of methoxy groups -OCH3 is 2. The van der Waals surface area contributed by atoms with Crippen LogP contribution in [-0.4, -0.2) is 49.5 Å². The Morgan fingerprint density at radius 2 is 2.04 bits per heavy atom. The Bertz CT molecular complexity index is 688. The van der Waals surface area contributed by atoms with Crippen LogP contribution in [-0.2, 0) is 15.9 Å². The molecule has 1 aromatic carbocycles. The monoisotopic (exact) mass is 328 g/mol. The lowest BCUT2D eigenvalue weighted by atomic mass is 9.97. The average Bonchev–Trinajstić information content (AvgIpc) is 3.04. The summed E-state index contributed by atoms with van der Waals surface area (Å²) in [5, 5.41) is 1.35. The van der Waals surface area contributed by atoms with Crippen molar-refractivity contribution in [3.8, 4) is 0 Å². The first-order valence-electron chi connectivity index (χ1n) is 8.80. The minimum atomic E-state index is -0.199. The first-order chi connectivity index (χ1) is 11.8. The summed E-state index contributed by atoms with van der Waals surface area (Å²) in [6.45, 7) is 4.31. The van der Waals surface area contributed by atoms with E-state index in [1.165, 1.54) is 22.0 Å². The number of aromatic amines is 1. The molecular weight excluding hydrogens is 300 g/mol. The van der Waals surface area contributed by atoms with Gasteiger partial charge in [0, 0.05) is 50.5 Å². The average molecular weight is 328 g/mol. The molecule has 0 saturated heterocycles. The molecule has 2 aromatic rings. The molecule has 0 radical (unpaired) electrons. The van der Waals surface area contributed by atoms with Crippen LogP contribution in [0, 0.1) is 0 Å². The van der Waals surface area contributed by atoms with E-state index in [-0.39, 0.29) is 6.29 Å². The Kier molecular flexibility index (Phi) is 5.72. The molecule has 130 valence electrons. The number of hydrogen-bond acceptors (Lipinski definition) is 3. The number of nitrogens with zero attached hydrogens (tertiary/aromatic N) is 1. The lowest BCUT2D eigenvalue weighted by molar-refractivity contribution is -0.0797. The van der Waals surface area contributed by atoms with Crippen LogP contribution >= 0.6 is 0 Å². The SMILES string of the molecule is CCC1CC(C(OC)OC)=CCN1CCc1c[nH]c2ccccc12. The maximum Gasteiger partial charge on any atom is 0.179 e. The van der Waals surface area contributed by atoms with Gasteiger partial charge in [-0.3, -0.25) is 4.90 Å². The van der Waals surface area contributed by atoms with Crippen LogP contribution in [0.15, 0.2) is 42.1 Å². The van der Waals surface area contributed by atoms with Crippen molar-refractivity contribution in [3.05, 3.63) is 47.7 Å². The lowest BCUT2D eigenvalue weighted by Crippen LogP contribution is -2.41. The van der Waals surface area contributed by atoms with E-state index in [1.54, 1.807) is 14.2 Å². The Morgan fingerprint density at radius 1 is 1.25 bits per heavy atom. The number of hydrogen-bond donors (Lipinski definition) is 1. The van der Waals surface area contributed by atoms with E-state index in [0.29, 0.717) is 6.04 Å². The molecule has 1 aliphatic rings. The fourth-order valence-electron chi connectivity index (χ4n) is 3.74. The summed E-state index contributed by atoms with van der Waals surface area (Å²) in [6, 6.07) is 9.09.